The van der Waals surface area contributed by atoms with E-state index in [0.717, 1.165) is 44.6 Å². The van der Waals surface area contributed by atoms with Gasteiger partial charge in [0.25, 0.3) is 0 Å². The number of anilines is 1. The van der Waals surface area contributed by atoms with Crippen molar-refractivity contribution in [2.45, 2.75) is 50.6 Å². The topological polar surface area (TPSA) is 75.3 Å². The Morgan fingerprint density at radius 2 is 2.13 bits per heavy atom. The maximum Gasteiger partial charge on any atom is 0.222 e. The molecule has 1 aliphatic heterocycles. The maximum absolute atomic E-state index is 12.5. The minimum atomic E-state index is 0.214. The number of carbonyl (C=O) groups excluding carboxylic acids is 1. The minimum Gasteiger partial charge on any atom is -0.355 e. The Morgan fingerprint density at radius 3 is 2.74 bits per heavy atom. The van der Waals surface area contributed by atoms with Crippen molar-refractivity contribution in [3.8, 4) is 0 Å². The van der Waals surface area contributed by atoms with Crippen LogP contribution in [-0.4, -0.2) is 53.2 Å². The zero-order valence-electron chi connectivity index (χ0n) is 13.9. The van der Waals surface area contributed by atoms with E-state index in [0.29, 0.717) is 18.4 Å². The normalized spacial score (nSPS) is 25.6. The van der Waals surface area contributed by atoms with Crippen molar-refractivity contribution < 1.29 is 4.79 Å². The monoisotopic (exact) mass is 317 g/mol. The van der Waals surface area contributed by atoms with Gasteiger partial charge in [-0.15, -0.1) is 5.10 Å². The van der Waals surface area contributed by atoms with Gasteiger partial charge in [0.2, 0.25) is 5.91 Å². The van der Waals surface area contributed by atoms with Gasteiger partial charge in [0.05, 0.1) is 0 Å². The SMILES string of the molecule is CN(C(=O)C[C@@H]1CCC[C@H]1N)C1CCN(c2cccnn2)CC1. The van der Waals surface area contributed by atoms with E-state index in [1.54, 1.807) is 6.20 Å². The van der Waals surface area contributed by atoms with Crippen molar-refractivity contribution in [3.63, 3.8) is 0 Å². The molecule has 1 aromatic heterocycles. The predicted molar refractivity (Wildman–Crippen MR) is 90.0 cm³/mol. The standard InChI is InChI=1S/C17H27N5O/c1-21(17(23)12-13-4-2-5-15(13)18)14-7-10-22(11-8-14)16-6-3-9-19-20-16/h3,6,9,13-15H,2,4-5,7-8,10-12,18H2,1H3/t13-,15+/m0/s1. The number of rotatable bonds is 4. The number of hydrogen-bond donors (Lipinski definition) is 1. The Kier molecular flexibility index (Phi) is 5.10. The highest BCUT2D eigenvalue weighted by atomic mass is 16.2. The van der Waals surface area contributed by atoms with Crippen molar-refractivity contribution in [2.24, 2.45) is 11.7 Å². The van der Waals surface area contributed by atoms with E-state index in [1.165, 1.54) is 6.42 Å². The van der Waals surface area contributed by atoms with E-state index in [4.69, 9.17) is 5.73 Å². The van der Waals surface area contributed by atoms with Gasteiger partial charge in [-0.1, -0.05) is 6.42 Å². The van der Waals surface area contributed by atoms with E-state index in [2.05, 4.69) is 15.1 Å². The Hall–Kier alpha value is -1.69. The van der Waals surface area contributed by atoms with Gasteiger partial charge in [-0.25, -0.2) is 0 Å². The van der Waals surface area contributed by atoms with Gasteiger partial charge in [0.1, 0.15) is 0 Å². The van der Waals surface area contributed by atoms with Crippen LogP contribution in [0, 0.1) is 5.92 Å². The summed E-state index contributed by atoms with van der Waals surface area (Å²) in [5.74, 6) is 1.56. The highest BCUT2D eigenvalue weighted by Gasteiger charge is 2.30. The molecule has 1 aromatic rings. The highest BCUT2D eigenvalue weighted by molar-refractivity contribution is 5.76. The Balaban J connectivity index is 1.49. The van der Waals surface area contributed by atoms with E-state index < -0.39 is 0 Å². The molecule has 3 rings (SSSR count). The number of piperidine rings is 1. The van der Waals surface area contributed by atoms with Crippen LogP contribution in [0.2, 0.25) is 0 Å². The van der Waals surface area contributed by atoms with Crippen LogP contribution in [0.5, 0.6) is 0 Å². The first kappa shape index (κ1) is 16.2. The molecule has 2 fully saturated rings. The number of aromatic nitrogens is 2. The summed E-state index contributed by atoms with van der Waals surface area (Å²) in [7, 11) is 1.95. The largest absolute Gasteiger partial charge is 0.355 e. The van der Waals surface area contributed by atoms with Gasteiger partial charge in [0, 0.05) is 44.8 Å². The molecule has 0 unspecified atom stereocenters. The molecule has 1 amide bonds. The second-order valence-corrected chi connectivity index (χ2v) is 6.86. The fourth-order valence-electron chi connectivity index (χ4n) is 3.84. The van der Waals surface area contributed by atoms with Gasteiger partial charge < -0.3 is 15.5 Å². The molecule has 0 spiro atoms. The van der Waals surface area contributed by atoms with E-state index in [-0.39, 0.29) is 11.9 Å². The highest BCUT2D eigenvalue weighted by Crippen LogP contribution is 2.28. The number of carbonyl (C=O) groups is 1. The number of nitrogens with zero attached hydrogens (tertiary/aromatic N) is 4. The van der Waals surface area contributed by atoms with Gasteiger partial charge >= 0.3 is 0 Å². The summed E-state index contributed by atoms with van der Waals surface area (Å²) in [4.78, 5) is 16.7. The zero-order chi connectivity index (χ0) is 16.2. The second-order valence-electron chi connectivity index (χ2n) is 6.86. The fourth-order valence-corrected chi connectivity index (χ4v) is 3.84. The van der Waals surface area contributed by atoms with Crippen molar-refractivity contribution in [1.82, 2.24) is 15.1 Å². The van der Waals surface area contributed by atoms with Crippen molar-refractivity contribution in [3.05, 3.63) is 18.3 Å². The van der Waals surface area contributed by atoms with Gasteiger partial charge in [-0.3, -0.25) is 4.79 Å². The predicted octanol–water partition coefficient (Wildman–Crippen LogP) is 1.42. The molecule has 126 valence electrons. The third-order valence-electron chi connectivity index (χ3n) is 5.44. The van der Waals surface area contributed by atoms with Crippen LogP contribution in [0.15, 0.2) is 18.3 Å². The number of amides is 1. The molecule has 0 aromatic carbocycles. The summed E-state index contributed by atoms with van der Waals surface area (Å²) in [5, 5.41) is 8.10. The van der Waals surface area contributed by atoms with Crippen LogP contribution in [0.4, 0.5) is 5.82 Å². The Morgan fingerprint density at radius 1 is 1.35 bits per heavy atom. The van der Waals surface area contributed by atoms with Crippen LogP contribution in [0.3, 0.4) is 0 Å². The molecule has 23 heavy (non-hydrogen) atoms. The molecule has 1 saturated heterocycles. The summed E-state index contributed by atoms with van der Waals surface area (Å²) in [6.07, 6.45) is 7.60. The lowest BCUT2D eigenvalue weighted by Gasteiger charge is -2.37. The van der Waals surface area contributed by atoms with Gasteiger partial charge in [-0.05, 0) is 43.7 Å². The summed E-state index contributed by atoms with van der Waals surface area (Å²) in [6, 6.07) is 4.44. The van der Waals surface area contributed by atoms with E-state index in [9.17, 15) is 4.79 Å². The first-order chi connectivity index (χ1) is 11.1. The van der Waals surface area contributed by atoms with Crippen molar-refractivity contribution in [1.29, 1.82) is 0 Å². The molecule has 2 atom stereocenters. The molecule has 1 saturated carbocycles. The average molecular weight is 317 g/mol. The third-order valence-corrected chi connectivity index (χ3v) is 5.44. The molecule has 2 N–H and O–H groups in total. The molecule has 2 aliphatic rings. The molecule has 0 bridgehead atoms. The third kappa shape index (κ3) is 3.80. The molecule has 0 radical (unpaired) electrons. The summed E-state index contributed by atoms with van der Waals surface area (Å²) in [6.45, 7) is 1.84. The number of nitrogens with two attached hydrogens (primary N) is 1. The average Bonchev–Trinajstić information content (AvgIpc) is 3.00. The Bertz CT molecular complexity index is 515. The van der Waals surface area contributed by atoms with Gasteiger partial charge in [-0.2, -0.15) is 5.10 Å². The first-order valence-corrected chi connectivity index (χ1v) is 8.69. The molecule has 2 heterocycles. The molecule has 6 nitrogen and oxygen atoms in total. The van der Waals surface area contributed by atoms with E-state index in [1.807, 2.05) is 24.1 Å². The van der Waals surface area contributed by atoms with Crippen LogP contribution in [0.1, 0.15) is 38.5 Å². The van der Waals surface area contributed by atoms with E-state index >= 15 is 0 Å². The second kappa shape index (κ2) is 7.25. The first-order valence-electron chi connectivity index (χ1n) is 8.69. The van der Waals surface area contributed by atoms with Crippen LogP contribution >= 0.6 is 0 Å². The summed E-state index contributed by atoms with van der Waals surface area (Å²) >= 11 is 0. The van der Waals surface area contributed by atoms with Crippen LogP contribution < -0.4 is 10.6 Å². The molecular formula is C17H27N5O. The van der Waals surface area contributed by atoms with Crippen LogP contribution in [0.25, 0.3) is 0 Å². The smallest absolute Gasteiger partial charge is 0.222 e. The summed E-state index contributed by atoms with van der Waals surface area (Å²) < 4.78 is 0. The lowest BCUT2D eigenvalue weighted by molar-refractivity contribution is -0.133. The van der Waals surface area contributed by atoms with Gasteiger partial charge in [0.15, 0.2) is 5.82 Å². The zero-order valence-corrected chi connectivity index (χ0v) is 13.9. The minimum absolute atomic E-state index is 0.214. The van der Waals surface area contributed by atoms with Crippen LogP contribution in [-0.2, 0) is 4.79 Å². The molecular weight excluding hydrogens is 290 g/mol. The fraction of sp³-hybridized carbons (Fsp3) is 0.706. The molecule has 1 aliphatic carbocycles. The van der Waals surface area contributed by atoms with Crippen molar-refractivity contribution >= 4 is 11.7 Å². The molecule has 6 heteroatoms. The lowest BCUT2D eigenvalue weighted by atomic mass is 9.97. The lowest BCUT2D eigenvalue weighted by Crippen LogP contribution is -2.46. The maximum atomic E-state index is 12.5. The Labute approximate surface area is 138 Å². The quantitative estimate of drug-likeness (QED) is 0.909. The summed E-state index contributed by atoms with van der Waals surface area (Å²) in [5.41, 5.74) is 6.10. The van der Waals surface area contributed by atoms with Crippen molar-refractivity contribution in [2.75, 3.05) is 25.0 Å². The number of hydrogen-bond acceptors (Lipinski definition) is 5.